The van der Waals surface area contributed by atoms with Gasteiger partial charge in [-0.2, -0.15) is 5.01 Å². The molecule has 0 aliphatic carbocycles. The average molecular weight is 263 g/mol. The Labute approximate surface area is 107 Å². The summed E-state index contributed by atoms with van der Waals surface area (Å²) in [6.07, 6.45) is 1.58. The van der Waals surface area contributed by atoms with Crippen molar-refractivity contribution in [2.75, 3.05) is 0 Å². The second-order valence-electron chi connectivity index (χ2n) is 3.40. The number of rotatable bonds is 2. The molecule has 1 aromatic carbocycles. The molecular weight excluding hydrogens is 254 g/mol. The van der Waals surface area contributed by atoms with Crippen molar-refractivity contribution in [2.45, 2.75) is 0 Å². The molecule has 2 rings (SSSR count). The number of hydrazine groups is 1. The molecule has 0 bridgehead atoms. The van der Waals surface area contributed by atoms with Crippen molar-refractivity contribution >= 4 is 35.0 Å². The van der Waals surface area contributed by atoms with Gasteiger partial charge in [0, 0.05) is 0 Å². The molecule has 0 atom stereocenters. The normalized spacial score (nSPS) is 17.3. The van der Waals surface area contributed by atoms with Crippen LogP contribution in [0.1, 0.15) is 5.56 Å². The SMILES string of the molecule is NC(=O)NN1C(=O)SC(=Cc2ccccc2)C1=O. The first kappa shape index (κ1) is 12.2. The zero-order valence-electron chi connectivity index (χ0n) is 9.12. The molecule has 0 spiro atoms. The van der Waals surface area contributed by atoms with Gasteiger partial charge in [0.15, 0.2) is 0 Å². The molecule has 0 unspecified atom stereocenters. The summed E-state index contributed by atoms with van der Waals surface area (Å²) in [5.74, 6) is -0.590. The summed E-state index contributed by atoms with van der Waals surface area (Å²) < 4.78 is 0. The number of benzene rings is 1. The number of urea groups is 1. The van der Waals surface area contributed by atoms with Crippen LogP contribution in [-0.2, 0) is 4.79 Å². The molecule has 1 fully saturated rings. The zero-order chi connectivity index (χ0) is 13.1. The molecule has 1 saturated heterocycles. The number of hydrogen-bond donors (Lipinski definition) is 2. The molecule has 0 radical (unpaired) electrons. The van der Waals surface area contributed by atoms with E-state index in [9.17, 15) is 14.4 Å². The molecule has 92 valence electrons. The minimum absolute atomic E-state index is 0.236. The Bertz CT molecular complexity index is 542. The minimum atomic E-state index is -0.960. The van der Waals surface area contributed by atoms with Crippen molar-refractivity contribution in [3.05, 3.63) is 40.8 Å². The lowest BCUT2D eigenvalue weighted by Gasteiger charge is -2.10. The number of nitrogens with one attached hydrogen (secondary N) is 1. The first-order chi connectivity index (χ1) is 8.58. The van der Waals surface area contributed by atoms with Crippen molar-refractivity contribution in [1.82, 2.24) is 10.4 Å². The van der Waals surface area contributed by atoms with Gasteiger partial charge < -0.3 is 5.73 Å². The number of carbonyl (C=O) groups is 3. The van der Waals surface area contributed by atoms with E-state index in [4.69, 9.17) is 5.73 Å². The van der Waals surface area contributed by atoms with E-state index >= 15 is 0 Å². The number of carbonyl (C=O) groups excluding carboxylic acids is 3. The molecule has 1 aliphatic heterocycles. The lowest BCUT2D eigenvalue weighted by atomic mass is 10.2. The number of nitrogens with zero attached hydrogens (tertiary/aromatic N) is 1. The van der Waals surface area contributed by atoms with Crippen molar-refractivity contribution in [1.29, 1.82) is 0 Å². The summed E-state index contributed by atoms with van der Waals surface area (Å²) in [4.78, 5) is 34.2. The van der Waals surface area contributed by atoms with Gasteiger partial charge in [0.25, 0.3) is 5.91 Å². The van der Waals surface area contributed by atoms with E-state index in [1.54, 1.807) is 18.2 Å². The number of thioether (sulfide) groups is 1. The monoisotopic (exact) mass is 263 g/mol. The largest absolute Gasteiger partial charge is 0.350 e. The van der Waals surface area contributed by atoms with E-state index in [0.29, 0.717) is 5.01 Å². The van der Waals surface area contributed by atoms with Crippen LogP contribution in [0, 0.1) is 0 Å². The number of hydrogen-bond acceptors (Lipinski definition) is 4. The van der Waals surface area contributed by atoms with Gasteiger partial charge in [-0.1, -0.05) is 30.3 Å². The Hall–Kier alpha value is -2.28. The Kier molecular flexibility index (Phi) is 3.33. The average Bonchev–Trinajstić information content (AvgIpc) is 2.58. The van der Waals surface area contributed by atoms with Gasteiger partial charge in [0.05, 0.1) is 4.91 Å². The fourth-order valence-electron chi connectivity index (χ4n) is 1.37. The quantitative estimate of drug-likeness (QED) is 0.787. The number of nitrogens with two attached hydrogens (primary N) is 1. The first-order valence-corrected chi connectivity index (χ1v) is 5.78. The molecule has 1 aliphatic rings. The van der Waals surface area contributed by atoms with E-state index in [0.717, 1.165) is 17.3 Å². The van der Waals surface area contributed by atoms with Gasteiger partial charge >= 0.3 is 11.3 Å². The second-order valence-corrected chi connectivity index (χ2v) is 4.40. The molecule has 1 aromatic rings. The van der Waals surface area contributed by atoms with E-state index in [-0.39, 0.29) is 4.91 Å². The lowest BCUT2D eigenvalue weighted by Crippen LogP contribution is -2.47. The Morgan fingerprint density at radius 3 is 2.56 bits per heavy atom. The van der Waals surface area contributed by atoms with Gasteiger partial charge in [-0.05, 0) is 23.4 Å². The van der Waals surface area contributed by atoms with Crippen LogP contribution < -0.4 is 11.2 Å². The van der Waals surface area contributed by atoms with Crippen LogP contribution in [0.25, 0.3) is 6.08 Å². The van der Waals surface area contributed by atoms with Gasteiger partial charge in [-0.3, -0.25) is 9.59 Å². The smallest absolute Gasteiger partial charge is 0.331 e. The lowest BCUT2D eigenvalue weighted by molar-refractivity contribution is -0.124. The molecule has 18 heavy (non-hydrogen) atoms. The first-order valence-electron chi connectivity index (χ1n) is 4.97. The summed E-state index contributed by atoms with van der Waals surface area (Å²) in [5, 5.41) is 0.0166. The van der Waals surface area contributed by atoms with E-state index in [1.807, 2.05) is 23.6 Å². The van der Waals surface area contributed by atoms with E-state index in [1.165, 1.54) is 0 Å². The Morgan fingerprint density at radius 2 is 1.94 bits per heavy atom. The van der Waals surface area contributed by atoms with Crippen LogP contribution in [0.2, 0.25) is 0 Å². The molecule has 1 heterocycles. The minimum Gasteiger partial charge on any atom is -0.350 e. The van der Waals surface area contributed by atoms with Gasteiger partial charge in [0.1, 0.15) is 0 Å². The topological polar surface area (TPSA) is 92.5 Å². The number of primary amides is 1. The van der Waals surface area contributed by atoms with Crippen LogP contribution in [-0.4, -0.2) is 22.2 Å². The van der Waals surface area contributed by atoms with Gasteiger partial charge in [-0.25, -0.2) is 10.2 Å². The summed E-state index contributed by atoms with van der Waals surface area (Å²) >= 11 is 0.747. The second kappa shape index (κ2) is 4.92. The zero-order valence-corrected chi connectivity index (χ0v) is 9.94. The fraction of sp³-hybridized carbons (Fsp3) is 0. The predicted molar refractivity (Wildman–Crippen MR) is 67.0 cm³/mol. The van der Waals surface area contributed by atoms with Crippen molar-refractivity contribution in [3.8, 4) is 0 Å². The summed E-state index contributed by atoms with van der Waals surface area (Å²) in [5.41, 5.74) is 7.63. The number of amides is 4. The van der Waals surface area contributed by atoms with Crippen LogP contribution in [0.15, 0.2) is 35.2 Å². The highest BCUT2D eigenvalue weighted by Crippen LogP contribution is 2.30. The molecular formula is C11H9N3O3S. The summed E-state index contributed by atoms with van der Waals surface area (Å²) in [6.45, 7) is 0. The third-order valence-electron chi connectivity index (χ3n) is 2.11. The van der Waals surface area contributed by atoms with Crippen molar-refractivity contribution in [3.63, 3.8) is 0 Å². The maximum atomic E-state index is 11.8. The van der Waals surface area contributed by atoms with Gasteiger partial charge in [0.2, 0.25) is 0 Å². The molecule has 6 nitrogen and oxygen atoms in total. The predicted octanol–water partition coefficient (Wildman–Crippen LogP) is 1.31. The number of imide groups is 1. The van der Waals surface area contributed by atoms with E-state index in [2.05, 4.69) is 0 Å². The highest BCUT2D eigenvalue weighted by Gasteiger charge is 2.36. The molecule has 0 saturated carbocycles. The molecule has 7 heteroatoms. The van der Waals surface area contributed by atoms with Crippen LogP contribution >= 0.6 is 11.8 Å². The fourth-order valence-corrected chi connectivity index (χ4v) is 2.16. The van der Waals surface area contributed by atoms with Crippen LogP contribution in [0.4, 0.5) is 9.59 Å². The summed E-state index contributed by atoms with van der Waals surface area (Å²) in [6, 6.07) is 8.12. The molecule has 3 N–H and O–H groups in total. The van der Waals surface area contributed by atoms with Gasteiger partial charge in [-0.15, -0.1) is 0 Å². The highest BCUT2D eigenvalue weighted by molar-refractivity contribution is 8.18. The van der Waals surface area contributed by atoms with Crippen molar-refractivity contribution < 1.29 is 14.4 Å². The Balaban J connectivity index is 2.23. The third-order valence-corrected chi connectivity index (χ3v) is 2.98. The van der Waals surface area contributed by atoms with Crippen molar-refractivity contribution in [2.24, 2.45) is 5.73 Å². The summed E-state index contributed by atoms with van der Waals surface area (Å²) in [7, 11) is 0. The van der Waals surface area contributed by atoms with E-state index < -0.39 is 17.2 Å². The molecule has 4 amide bonds. The third kappa shape index (κ3) is 2.51. The Morgan fingerprint density at radius 1 is 1.28 bits per heavy atom. The maximum absolute atomic E-state index is 11.8. The standard InChI is InChI=1S/C11H9N3O3S/c12-10(16)13-14-9(15)8(18-11(14)17)6-7-4-2-1-3-5-7/h1-6H,(H3,12,13,16). The molecule has 0 aromatic heterocycles. The maximum Gasteiger partial charge on any atom is 0.331 e. The highest BCUT2D eigenvalue weighted by atomic mass is 32.2. The van der Waals surface area contributed by atoms with Crippen LogP contribution in [0.5, 0.6) is 0 Å². The van der Waals surface area contributed by atoms with Crippen LogP contribution in [0.3, 0.4) is 0 Å².